The van der Waals surface area contributed by atoms with Crippen LogP contribution in [-0.2, 0) is 16.0 Å². The van der Waals surface area contributed by atoms with Crippen LogP contribution in [0, 0.1) is 0 Å². The third-order valence-electron chi connectivity index (χ3n) is 4.13. The molecular formula is C19H19NO5. The van der Waals surface area contributed by atoms with Crippen molar-refractivity contribution in [3.05, 3.63) is 53.6 Å². The predicted molar refractivity (Wildman–Crippen MR) is 92.3 cm³/mol. The van der Waals surface area contributed by atoms with Gasteiger partial charge < -0.3 is 19.1 Å². The number of amides is 1. The molecule has 0 saturated heterocycles. The first-order valence-electron chi connectivity index (χ1n) is 7.91. The molecule has 2 aromatic carbocycles. The Bertz CT molecular complexity index is 802. The quantitative estimate of drug-likeness (QED) is 0.782. The summed E-state index contributed by atoms with van der Waals surface area (Å²) in [7, 11) is 3.00. The summed E-state index contributed by atoms with van der Waals surface area (Å²) < 4.78 is 15.5. The summed E-state index contributed by atoms with van der Waals surface area (Å²) in [6.45, 7) is 0.299. The van der Waals surface area contributed by atoms with Crippen LogP contribution in [0.3, 0.4) is 0 Å². The Hall–Kier alpha value is -3.02. The second-order valence-corrected chi connectivity index (χ2v) is 5.57. The first-order chi connectivity index (χ1) is 12.1. The van der Waals surface area contributed by atoms with E-state index >= 15 is 0 Å². The van der Waals surface area contributed by atoms with Crippen LogP contribution in [0.25, 0.3) is 0 Å². The molecule has 0 atom stereocenters. The molecule has 0 aliphatic carbocycles. The monoisotopic (exact) mass is 341 g/mol. The van der Waals surface area contributed by atoms with Crippen molar-refractivity contribution in [1.82, 2.24) is 0 Å². The number of nitrogens with zero attached hydrogens (tertiary/aromatic N) is 1. The van der Waals surface area contributed by atoms with Gasteiger partial charge in [-0.2, -0.15) is 0 Å². The number of hydrogen-bond donors (Lipinski definition) is 0. The number of esters is 1. The SMILES string of the molecule is COc1ccc(C(=O)OCC(=O)N2CCc3ccccc32)cc1OC. The molecule has 130 valence electrons. The molecule has 0 aromatic heterocycles. The fourth-order valence-corrected chi connectivity index (χ4v) is 2.85. The standard InChI is InChI=1S/C19H19NO5/c1-23-16-8-7-14(11-17(16)24-2)19(22)25-12-18(21)20-10-9-13-5-3-4-6-15(13)20/h3-8,11H,9-10,12H2,1-2H3. The minimum Gasteiger partial charge on any atom is -0.493 e. The lowest BCUT2D eigenvalue weighted by Crippen LogP contribution is -2.33. The summed E-state index contributed by atoms with van der Waals surface area (Å²) in [4.78, 5) is 26.2. The van der Waals surface area contributed by atoms with Crippen LogP contribution in [0.1, 0.15) is 15.9 Å². The van der Waals surface area contributed by atoms with Gasteiger partial charge in [0, 0.05) is 12.2 Å². The molecular weight excluding hydrogens is 322 g/mol. The molecule has 0 unspecified atom stereocenters. The van der Waals surface area contributed by atoms with Crippen molar-refractivity contribution in [3.63, 3.8) is 0 Å². The number of anilines is 1. The van der Waals surface area contributed by atoms with E-state index in [2.05, 4.69) is 0 Å². The molecule has 0 fully saturated rings. The normalized spacial score (nSPS) is 12.5. The van der Waals surface area contributed by atoms with E-state index in [9.17, 15) is 9.59 Å². The first kappa shape index (κ1) is 16.8. The summed E-state index contributed by atoms with van der Waals surface area (Å²) in [5.74, 6) is 0.126. The van der Waals surface area contributed by atoms with E-state index in [0.29, 0.717) is 23.6 Å². The lowest BCUT2D eigenvalue weighted by Gasteiger charge is -2.17. The zero-order valence-electron chi connectivity index (χ0n) is 14.2. The molecule has 2 aromatic rings. The number of para-hydroxylation sites is 1. The van der Waals surface area contributed by atoms with Gasteiger partial charge in [-0.25, -0.2) is 4.79 Å². The molecule has 0 saturated carbocycles. The van der Waals surface area contributed by atoms with Gasteiger partial charge in [0.15, 0.2) is 18.1 Å². The lowest BCUT2D eigenvalue weighted by atomic mass is 10.2. The van der Waals surface area contributed by atoms with Crippen molar-refractivity contribution in [1.29, 1.82) is 0 Å². The molecule has 6 heteroatoms. The van der Waals surface area contributed by atoms with Crippen LogP contribution in [0.15, 0.2) is 42.5 Å². The van der Waals surface area contributed by atoms with Crippen molar-refractivity contribution in [2.45, 2.75) is 6.42 Å². The van der Waals surface area contributed by atoms with Gasteiger partial charge in [0.1, 0.15) is 0 Å². The second kappa shape index (κ2) is 7.25. The average Bonchev–Trinajstić information content (AvgIpc) is 3.09. The topological polar surface area (TPSA) is 65.1 Å². The summed E-state index contributed by atoms with van der Waals surface area (Å²) >= 11 is 0. The van der Waals surface area contributed by atoms with Crippen molar-refractivity contribution in [2.75, 3.05) is 32.3 Å². The van der Waals surface area contributed by atoms with Gasteiger partial charge in [-0.1, -0.05) is 18.2 Å². The highest BCUT2D eigenvalue weighted by Gasteiger charge is 2.25. The van der Waals surface area contributed by atoms with Crippen LogP contribution in [0.5, 0.6) is 11.5 Å². The molecule has 0 spiro atoms. The molecule has 0 radical (unpaired) electrons. The van der Waals surface area contributed by atoms with Gasteiger partial charge in [0.2, 0.25) is 0 Å². The maximum atomic E-state index is 12.4. The van der Waals surface area contributed by atoms with E-state index in [-0.39, 0.29) is 12.5 Å². The highest BCUT2D eigenvalue weighted by atomic mass is 16.5. The Morgan fingerprint density at radius 3 is 2.56 bits per heavy atom. The number of benzene rings is 2. The second-order valence-electron chi connectivity index (χ2n) is 5.57. The van der Waals surface area contributed by atoms with Gasteiger partial charge in [-0.05, 0) is 36.2 Å². The zero-order valence-corrected chi connectivity index (χ0v) is 14.2. The van der Waals surface area contributed by atoms with Crippen LogP contribution in [0.4, 0.5) is 5.69 Å². The summed E-state index contributed by atoms with van der Waals surface area (Å²) in [5, 5.41) is 0. The zero-order chi connectivity index (χ0) is 17.8. The molecule has 1 aliphatic heterocycles. The minimum atomic E-state index is -0.582. The Morgan fingerprint density at radius 2 is 1.80 bits per heavy atom. The van der Waals surface area contributed by atoms with Crippen molar-refractivity contribution in [2.24, 2.45) is 0 Å². The number of fused-ring (bicyclic) bond motifs is 1. The van der Waals surface area contributed by atoms with Gasteiger partial charge in [-0.15, -0.1) is 0 Å². The van der Waals surface area contributed by atoms with E-state index in [1.807, 2.05) is 24.3 Å². The number of methoxy groups -OCH3 is 2. The molecule has 0 bridgehead atoms. The number of ether oxygens (including phenoxy) is 3. The molecule has 25 heavy (non-hydrogen) atoms. The summed E-state index contributed by atoms with van der Waals surface area (Å²) in [5.41, 5.74) is 2.31. The van der Waals surface area contributed by atoms with E-state index in [0.717, 1.165) is 17.7 Å². The summed E-state index contributed by atoms with van der Waals surface area (Å²) in [6.07, 6.45) is 0.811. The Morgan fingerprint density at radius 1 is 1.04 bits per heavy atom. The number of rotatable bonds is 5. The third-order valence-corrected chi connectivity index (χ3v) is 4.13. The largest absolute Gasteiger partial charge is 0.493 e. The third kappa shape index (κ3) is 3.42. The van der Waals surface area contributed by atoms with Crippen molar-refractivity contribution in [3.8, 4) is 11.5 Å². The fourth-order valence-electron chi connectivity index (χ4n) is 2.85. The molecule has 1 heterocycles. The van der Waals surface area contributed by atoms with Gasteiger partial charge >= 0.3 is 5.97 Å². The lowest BCUT2D eigenvalue weighted by molar-refractivity contribution is -0.121. The number of carbonyl (C=O) groups is 2. The predicted octanol–water partition coefficient (Wildman–Crippen LogP) is 2.45. The van der Waals surface area contributed by atoms with E-state index in [4.69, 9.17) is 14.2 Å². The smallest absolute Gasteiger partial charge is 0.338 e. The van der Waals surface area contributed by atoms with Crippen LogP contribution < -0.4 is 14.4 Å². The molecule has 1 amide bonds. The first-order valence-corrected chi connectivity index (χ1v) is 7.91. The molecule has 3 rings (SSSR count). The maximum Gasteiger partial charge on any atom is 0.338 e. The van der Waals surface area contributed by atoms with Crippen molar-refractivity contribution >= 4 is 17.6 Å². The number of hydrogen-bond acceptors (Lipinski definition) is 5. The van der Waals surface area contributed by atoms with Crippen LogP contribution in [-0.4, -0.2) is 39.2 Å². The highest BCUT2D eigenvalue weighted by molar-refractivity contribution is 5.98. The van der Waals surface area contributed by atoms with Crippen LogP contribution in [0.2, 0.25) is 0 Å². The Labute approximate surface area is 145 Å². The van der Waals surface area contributed by atoms with Crippen molar-refractivity contribution < 1.29 is 23.8 Å². The number of carbonyl (C=O) groups excluding carboxylic acids is 2. The van der Waals surface area contributed by atoms with Gasteiger partial charge in [0.05, 0.1) is 19.8 Å². The summed E-state index contributed by atoms with van der Waals surface area (Å²) in [6, 6.07) is 12.4. The molecule has 1 aliphatic rings. The fraction of sp³-hybridized carbons (Fsp3) is 0.263. The van der Waals surface area contributed by atoms with E-state index in [1.165, 1.54) is 20.3 Å². The molecule has 6 nitrogen and oxygen atoms in total. The Balaban J connectivity index is 1.64. The minimum absolute atomic E-state index is 0.237. The van der Waals surface area contributed by atoms with E-state index in [1.54, 1.807) is 17.0 Å². The van der Waals surface area contributed by atoms with Gasteiger partial charge in [0.25, 0.3) is 5.91 Å². The highest BCUT2D eigenvalue weighted by Crippen LogP contribution is 2.29. The Kier molecular flexibility index (Phi) is 4.88. The van der Waals surface area contributed by atoms with Crippen LogP contribution >= 0.6 is 0 Å². The average molecular weight is 341 g/mol. The van der Waals surface area contributed by atoms with E-state index < -0.39 is 5.97 Å². The maximum absolute atomic E-state index is 12.4. The molecule has 0 N–H and O–H groups in total. The van der Waals surface area contributed by atoms with Gasteiger partial charge in [-0.3, -0.25) is 4.79 Å².